The van der Waals surface area contributed by atoms with Crippen LogP contribution >= 0.6 is 0 Å². The number of hydrogen-bond acceptors (Lipinski definition) is 7. The van der Waals surface area contributed by atoms with Gasteiger partial charge in [-0.25, -0.2) is 8.42 Å². The standard InChI is InChI=1S/C23H23N3O6S/c1-14-12-16(10-11-24-14)23(29)26-20-9-4-17(13-21(20)27)25-22(28)15(2)33(30,31)19-7-5-18(32-3)6-8-19/h4-13,15,27H,1-3H3,(H,25,28)(H,26,29). The van der Waals surface area contributed by atoms with Crippen molar-refractivity contribution in [2.24, 2.45) is 0 Å². The van der Waals surface area contributed by atoms with Gasteiger partial charge in [-0.3, -0.25) is 14.6 Å². The van der Waals surface area contributed by atoms with Gasteiger partial charge in [-0.2, -0.15) is 0 Å². The first-order valence-electron chi connectivity index (χ1n) is 9.87. The van der Waals surface area contributed by atoms with Crippen LogP contribution in [0.5, 0.6) is 11.5 Å². The molecule has 33 heavy (non-hydrogen) atoms. The van der Waals surface area contributed by atoms with E-state index in [1.54, 1.807) is 19.1 Å². The summed E-state index contributed by atoms with van der Waals surface area (Å²) in [6.45, 7) is 3.03. The van der Waals surface area contributed by atoms with Gasteiger partial charge in [0.25, 0.3) is 5.91 Å². The minimum atomic E-state index is -3.94. The average Bonchev–Trinajstić information content (AvgIpc) is 2.80. The summed E-state index contributed by atoms with van der Waals surface area (Å²) < 4.78 is 30.5. The number of carbonyl (C=O) groups excluding carboxylic acids is 2. The predicted molar refractivity (Wildman–Crippen MR) is 123 cm³/mol. The van der Waals surface area contributed by atoms with Crippen molar-refractivity contribution in [3.8, 4) is 11.5 Å². The number of benzene rings is 2. The molecule has 2 aromatic carbocycles. The Bertz CT molecular complexity index is 1290. The van der Waals surface area contributed by atoms with Gasteiger partial charge in [0.05, 0.1) is 17.7 Å². The van der Waals surface area contributed by atoms with Crippen LogP contribution in [0.2, 0.25) is 0 Å². The second-order valence-corrected chi connectivity index (χ2v) is 9.49. The number of phenols is 1. The van der Waals surface area contributed by atoms with Crippen LogP contribution in [-0.2, 0) is 14.6 Å². The molecule has 0 bridgehead atoms. The first-order chi connectivity index (χ1) is 15.6. The van der Waals surface area contributed by atoms with Gasteiger partial charge >= 0.3 is 0 Å². The van der Waals surface area contributed by atoms with Gasteiger partial charge in [-0.05, 0) is 62.4 Å². The third kappa shape index (κ3) is 5.47. The van der Waals surface area contributed by atoms with Crippen molar-refractivity contribution in [3.05, 3.63) is 72.1 Å². The number of methoxy groups -OCH3 is 1. The highest BCUT2D eigenvalue weighted by Crippen LogP contribution is 2.28. The number of aromatic nitrogens is 1. The summed E-state index contributed by atoms with van der Waals surface area (Å²) in [6, 6.07) is 12.9. The second-order valence-electron chi connectivity index (χ2n) is 7.22. The van der Waals surface area contributed by atoms with Gasteiger partial charge in [0.15, 0.2) is 9.84 Å². The number of amides is 2. The fraction of sp³-hybridized carbons (Fsp3) is 0.174. The summed E-state index contributed by atoms with van der Waals surface area (Å²) in [5.74, 6) is -1.01. The lowest BCUT2D eigenvalue weighted by Gasteiger charge is -2.15. The number of pyridine rings is 1. The van der Waals surface area contributed by atoms with Gasteiger partial charge in [-0.15, -0.1) is 0 Å². The number of anilines is 2. The molecule has 3 aromatic rings. The maximum atomic E-state index is 12.8. The third-order valence-corrected chi connectivity index (χ3v) is 6.97. The Morgan fingerprint density at radius 3 is 2.33 bits per heavy atom. The zero-order valence-electron chi connectivity index (χ0n) is 18.2. The minimum absolute atomic E-state index is 0.0155. The van der Waals surface area contributed by atoms with E-state index in [1.165, 1.54) is 62.7 Å². The van der Waals surface area contributed by atoms with Crippen molar-refractivity contribution in [1.29, 1.82) is 0 Å². The van der Waals surface area contributed by atoms with Gasteiger partial charge in [0, 0.05) is 29.2 Å². The van der Waals surface area contributed by atoms with E-state index >= 15 is 0 Å². The number of aryl methyl sites for hydroxylation is 1. The SMILES string of the molecule is COc1ccc(S(=O)(=O)C(C)C(=O)Nc2ccc(NC(=O)c3ccnc(C)c3)c(O)c2)cc1. The van der Waals surface area contributed by atoms with Crippen LogP contribution in [0.4, 0.5) is 11.4 Å². The maximum Gasteiger partial charge on any atom is 0.255 e. The Morgan fingerprint density at radius 2 is 1.73 bits per heavy atom. The molecular weight excluding hydrogens is 446 g/mol. The normalized spacial score (nSPS) is 12.0. The van der Waals surface area contributed by atoms with Crippen LogP contribution in [-0.4, -0.2) is 42.7 Å². The fourth-order valence-electron chi connectivity index (χ4n) is 2.95. The second kappa shape index (κ2) is 9.70. The highest BCUT2D eigenvalue weighted by Gasteiger charge is 2.30. The van der Waals surface area contributed by atoms with E-state index in [0.29, 0.717) is 17.0 Å². The lowest BCUT2D eigenvalue weighted by atomic mass is 10.2. The summed E-state index contributed by atoms with van der Waals surface area (Å²) in [4.78, 5) is 28.9. The van der Waals surface area contributed by atoms with Crippen molar-refractivity contribution in [2.45, 2.75) is 24.0 Å². The molecule has 0 saturated heterocycles. The van der Waals surface area contributed by atoms with Gasteiger partial charge in [0.2, 0.25) is 5.91 Å². The number of aromatic hydroxyl groups is 1. The number of nitrogens with one attached hydrogen (secondary N) is 2. The van der Waals surface area contributed by atoms with Crippen LogP contribution in [0.1, 0.15) is 23.0 Å². The van der Waals surface area contributed by atoms with Gasteiger partial charge in [0.1, 0.15) is 16.7 Å². The van der Waals surface area contributed by atoms with Crippen molar-refractivity contribution in [3.63, 3.8) is 0 Å². The van der Waals surface area contributed by atoms with E-state index < -0.39 is 26.9 Å². The number of ether oxygens (including phenoxy) is 1. The molecule has 1 atom stereocenters. The Kier molecular flexibility index (Phi) is 6.98. The summed E-state index contributed by atoms with van der Waals surface area (Å²) in [7, 11) is -2.48. The minimum Gasteiger partial charge on any atom is -0.506 e. The molecule has 0 fully saturated rings. The summed E-state index contributed by atoms with van der Waals surface area (Å²) >= 11 is 0. The molecule has 3 N–H and O–H groups in total. The van der Waals surface area contributed by atoms with E-state index in [2.05, 4.69) is 15.6 Å². The molecule has 1 aromatic heterocycles. The van der Waals surface area contributed by atoms with Gasteiger partial charge in [-0.1, -0.05) is 0 Å². The monoisotopic (exact) mass is 469 g/mol. The highest BCUT2D eigenvalue weighted by atomic mass is 32.2. The van der Waals surface area contributed by atoms with E-state index in [1.807, 2.05) is 0 Å². The van der Waals surface area contributed by atoms with E-state index in [9.17, 15) is 23.1 Å². The molecule has 0 aliphatic rings. The summed E-state index contributed by atoms with van der Waals surface area (Å²) in [5, 5.41) is 13.9. The Labute approximate surface area is 191 Å². The van der Waals surface area contributed by atoms with E-state index in [4.69, 9.17) is 4.74 Å². The molecule has 2 amide bonds. The van der Waals surface area contributed by atoms with Crippen LogP contribution in [0.15, 0.2) is 65.7 Å². The largest absolute Gasteiger partial charge is 0.506 e. The van der Waals surface area contributed by atoms with Crippen LogP contribution in [0, 0.1) is 6.92 Å². The number of sulfone groups is 1. The summed E-state index contributed by atoms with van der Waals surface area (Å²) in [5.41, 5.74) is 1.35. The molecule has 0 spiro atoms. The molecule has 0 aliphatic carbocycles. The molecule has 1 unspecified atom stereocenters. The highest BCUT2D eigenvalue weighted by molar-refractivity contribution is 7.92. The molecule has 0 saturated carbocycles. The van der Waals surface area contributed by atoms with Gasteiger partial charge < -0.3 is 20.5 Å². The molecule has 1 heterocycles. The Hall–Kier alpha value is -3.92. The molecule has 9 nitrogen and oxygen atoms in total. The lowest BCUT2D eigenvalue weighted by molar-refractivity contribution is -0.115. The fourth-order valence-corrected chi connectivity index (χ4v) is 4.22. The molecule has 0 aliphatic heterocycles. The molecule has 172 valence electrons. The lowest BCUT2D eigenvalue weighted by Crippen LogP contribution is -2.32. The molecule has 3 rings (SSSR count). The smallest absolute Gasteiger partial charge is 0.255 e. The van der Waals surface area contributed by atoms with Crippen LogP contribution in [0.3, 0.4) is 0 Å². The maximum absolute atomic E-state index is 12.8. The molecule has 0 radical (unpaired) electrons. The predicted octanol–water partition coefficient (Wildman–Crippen LogP) is 3.16. The number of carbonyl (C=O) groups is 2. The zero-order valence-corrected chi connectivity index (χ0v) is 19.0. The Balaban J connectivity index is 1.70. The Morgan fingerprint density at radius 1 is 1.03 bits per heavy atom. The third-order valence-electron chi connectivity index (χ3n) is 4.89. The zero-order chi connectivity index (χ0) is 24.2. The van der Waals surface area contributed by atoms with E-state index in [-0.39, 0.29) is 22.0 Å². The first-order valence-corrected chi connectivity index (χ1v) is 11.4. The number of phenolic OH excluding ortho intramolecular Hbond substituents is 1. The van der Waals surface area contributed by atoms with Crippen molar-refractivity contribution >= 4 is 33.0 Å². The first kappa shape index (κ1) is 23.7. The quantitative estimate of drug-likeness (QED) is 0.452. The average molecular weight is 470 g/mol. The van der Waals surface area contributed by atoms with Crippen LogP contribution in [0.25, 0.3) is 0 Å². The number of hydrogen-bond donors (Lipinski definition) is 3. The van der Waals surface area contributed by atoms with Crippen molar-refractivity contribution < 1.29 is 27.9 Å². The molecule has 10 heteroatoms. The topological polar surface area (TPSA) is 135 Å². The van der Waals surface area contributed by atoms with Crippen molar-refractivity contribution in [1.82, 2.24) is 4.98 Å². The van der Waals surface area contributed by atoms with Crippen LogP contribution < -0.4 is 15.4 Å². The number of rotatable bonds is 7. The number of nitrogens with zero attached hydrogens (tertiary/aromatic N) is 1. The summed E-state index contributed by atoms with van der Waals surface area (Å²) in [6.07, 6.45) is 1.50. The van der Waals surface area contributed by atoms with E-state index in [0.717, 1.165) is 0 Å². The molecular formula is C23H23N3O6S. The van der Waals surface area contributed by atoms with Crippen molar-refractivity contribution in [2.75, 3.05) is 17.7 Å².